The molecule has 0 aromatic carbocycles. The van der Waals surface area contributed by atoms with Gasteiger partial charge >= 0.3 is 0 Å². The van der Waals surface area contributed by atoms with Crippen LogP contribution >= 0.6 is 0 Å². The number of nitrogens with one attached hydrogen (secondary N) is 1. The van der Waals surface area contributed by atoms with Gasteiger partial charge in [0.15, 0.2) is 5.96 Å². The quantitative estimate of drug-likeness (QED) is 0.473. The lowest BCUT2D eigenvalue weighted by Crippen LogP contribution is -2.40. The fraction of sp³-hybridized carbons (Fsp3) is 0.750. The van der Waals surface area contributed by atoms with Crippen molar-refractivity contribution < 1.29 is 0 Å². The molecule has 1 aromatic rings. The van der Waals surface area contributed by atoms with Crippen molar-refractivity contribution in [3.05, 3.63) is 12.7 Å². The molecular formula is C12H22N6. The van der Waals surface area contributed by atoms with E-state index in [-0.39, 0.29) is 0 Å². The number of nitrogens with zero attached hydrogens (tertiary/aromatic N) is 4. The molecule has 1 saturated carbocycles. The SMILES string of the molecule is NC(=NCCn1cncn1)NC1CCCCCC1. The average Bonchev–Trinajstić information content (AvgIpc) is 2.74. The van der Waals surface area contributed by atoms with E-state index in [1.54, 1.807) is 11.0 Å². The van der Waals surface area contributed by atoms with Crippen LogP contribution in [0.1, 0.15) is 38.5 Å². The molecule has 1 aromatic heterocycles. The van der Waals surface area contributed by atoms with Crippen LogP contribution in [0.5, 0.6) is 0 Å². The third-order valence-corrected chi connectivity index (χ3v) is 3.29. The molecule has 0 amide bonds. The highest BCUT2D eigenvalue weighted by Crippen LogP contribution is 2.16. The number of rotatable bonds is 4. The Morgan fingerprint density at radius 2 is 2.11 bits per heavy atom. The van der Waals surface area contributed by atoms with Crippen molar-refractivity contribution in [1.29, 1.82) is 0 Å². The number of nitrogens with two attached hydrogens (primary N) is 1. The maximum Gasteiger partial charge on any atom is 0.188 e. The molecule has 0 spiro atoms. The van der Waals surface area contributed by atoms with E-state index in [2.05, 4.69) is 20.4 Å². The van der Waals surface area contributed by atoms with Crippen LogP contribution in [-0.4, -0.2) is 33.3 Å². The van der Waals surface area contributed by atoms with Crippen LogP contribution in [0.25, 0.3) is 0 Å². The third-order valence-electron chi connectivity index (χ3n) is 3.29. The van der Waals surface area contributed by atoms with Gasteiger partial charge in [-0.05, 0) is 12.8 Å². The summed E-state index contributed by atoms with van der Waals surface area (Å²) in [6, 6.07) is 0.502. The molecule has 2 rings (SSSR count). The standard InChI is InChI=1S/C12H22N6/c13-12(15-7-8-18-10-14-9-16-18)17-11-5-3-1-2-4-6-11/h9-11H,1-8H2,(H3,13,15,17). The molecule has 1 aliphatic carbocycles. The number of aliphatic imine (C=N–C) groups is 1. The summed E-state index contributed by atoms with van der Waals surface area (Å²) in [5, 5.41) is 7.34. The van der Waals surface area contributed by atoms with Crippen molar-refractivity contribution in [3.63, 3.8) is 0 Å². The fourth-order valence-corrected chi connectivity index (χ4v) is 2.30. The second kappa shape index (κ2) is 6.98. The average molecular weight is 250 g/mol. The van der Waals surface area contributed by atoms with Crippen molar-refractivity contribution in [2.24, 2.45) is 10.7 Å². The summed E-state index contributed by atoms with van der Waals surface area (Å²) in [4.78, 5) is 8.20. The molecular weight excluding hydrogens is 228 g/mol. The monoisotopic (exact) mass is 250 g/mol. The van der Waals surface area contributed by atoms with E-state index in [1.165, 1.54) is 44.9 Å². The molecule has 3 N–H and O–H groups in total. The Balaban J connectivity index is 1.70. The fourth-order valence-electron chi connectivity index (χ4n) is 2.30. The Bertz CT molecular complexity index is 351. The van der Waals surface area contributed by atoms with Crippen LogP contribution in [0, 0.1) is 0 Å². The molecule has 1 aliphatic rings. The topological polar surface area (TPSA) is 81.1 Å². The van der Waals surface area contributed by atoms with E-state index in [0.717, 1.165) is 0 Å². The molecule has 0 bridgehead atoms. The second-order valence-corrected chi connectivity index (χ2v) is 4.76. The van der Waals surface area contributed by atoms with E-state index >= 15 is 0 Å². The van der Waals surface area contributed by atoms with Gasteiger partial charge in [-0.25, -0.2) is 4.98 Å². The lowest BCUT2D eigenvalue weighted by molar-refractivity contribution is 0.529. The van der Waals surface area contributed by atoms with Gasteiger partial charge < -0.3 is 11.1 Å². The van der Waals surface area contributed by atoms with Crippen molar-refractivity contribution in [3.8, 4) is 0 Å². The summed E-state index contributed by atoms with van der Waals surface area (Å²) in [6.45, 7) is 1.35. The normalized spacial score (nSPS) is 18.6. The molecule has 18 heavy (non-hydrogen) atoms. The highest BCUT2D eigenvalue weighted by Gasteiger charge is 2.11. The van der Waals surface area contributed by atoms with Crippen LogP contribution in [-0.2, 0) is 6.54 Å². The number of hydrogen-bond acceptors (Lipinski definition) is 3. The summed E-state index contributed by atoms with van der Waals surface area (Å²) >= 11 is 0. The van der Waals surface area contributed by atoms with Gasteiger partial charge in [-0.2, -0.15) is 5.10 Å². The molecule has 0 unspecified atom stereocenters. The van der Waals surface area contributed by atoms with Gasteiger partial charge in [0.25, 0.3) is 0 Å². The molecule has 1 fully saturated rings. The third kappa shape index (κ3) is 4.35. The van der Waals surface area contributed by atoms with Gasteiger partial charge in [-0.1, -0.05) is 25.7 Å². The van der Waals surface area contributed by atoms with E-state index in [0.29, 0.717) is 25.1 Å². The number of hydrogen-bond donors (Lipinski definition) is 2. The van der Waals surface area contributed by atoms with Gasteiger partial charge in [-0.15, -0.1) is 0 Å². The zero-order valence-corrected chi connectivity index (χ0v) is 10.8. The van der Waals surface area contributed by atoms with Gasteiger partial charge in [0.2, 0.25) is 0 Å². The Hall–Kier alpha value is -1.59. The smallest absolute Gasteiger partial charge is 0.188 e. The first-order chi connectivity index (χ1) is 8.84. The number of guanidine groups is 1. The van der Waals surface area contributed by atoms with Crippen LogP contribution < -0.4 is 11.1 Å². The predicted octanol–water partition coefficient (Wildman–Crippen LogP) is 0.905. The number of aromatic nitrogens is 3. The summed E-state index contributed by atoms with van der Waals surface area (Å²) in [5.74, 6) is 0.557. The van der Waals surface area contributed by atoms with Crippen LogP contribution in [0.3, 0.4) is 0 Å². The summed E-state index contributed by atoms with van der Waals surface area (Å²) < 4.78 is 1.75. The first kappa shape index (κ1) is 12.9. The maximum atomic E-state index is 5.89. The highest BCUT2D eigenvalue weighted by atomic mass is 15.3. The van der Waals surface area contributed by atoms with Gasteiger partial charge in [0.1, 0.15) is 12.7 Å². The molecule has 0 radical (unpaired) electrons. The Morgan fingerprint density at radius 1 is 1.33 bits per heavy atom. The zero-order valence-electron chi connectivity index (χ0n) is 10.8. The summed E-state index contributed by atoms with van der Waals surface area (Å²) in [6.07, 6.45) is 10.9. The largest absolute Gasteiger partial charge is 0.370 e. The Labute approximate surface area is 108 Å². The highest BCUT2D eigenvalue weighted by molar-refractivity contribution is 5.78. The molecule has 0 atom stereocenters. The predicted molar refractivity (Wildman–Crippen MR) is 71.1 cm³/mol. The van der Waals surface area contributed by atoms with Crippen LogP contribution in [0.15, 0.2) is 17.6 Å². The Morgan fingerprint density at radius 3 is 2.78 bits per heavy atom. The molecule has 0 saturated heterocycles. The molecule has 0 aliphatic heterocycles. The maximum absolute atomic E-state index is 5.89. The van der Waals surface area contributed by atoms with Gasteiger partial charge in [-0.3, -0.25) is 9.67 Å². The molecule has 100 valence electrons. The van der Waals surface area contributed by atoms with Crippen molar-refractivity contribution >= 4 is 5.96 Å². The second-order valence-electron chi connectivity index (χ2n) is 4.76. The first-order valence-electron chi connectivity index (χ1n) is 6.73. The van der Waals surface area contributed by atoms with E-state index < -0.39 is 0 Å². The van der Waals surface area contributed by atoms with Crippen LogP contribution in [0.4, 0.5) is 0 Å². The minimum atomic E-state index is 0.502. The zero-order chi connectivity index (χ0) is 12.6. The van der Waals surface area contributed by atoms with Crippen molar-refractivity contribution in [2.75, 3.05) is 6.54 Å². The van der Waals surface area contributed by atoms with Crippen molar-refractivity contribution in [2.45, 2.75) is 51.1 Å². The van der Waals surface area contributed by atoms with E-state index in [1.807, 2.05) is 0 Å². The van der Waals surface area contributed by atoms with E-state index in [4.69, 9.17) is 5.73 Å². The molecule has 6 nitrogen and oxygen atoms in total. The summed E-state index contributed by atoms with van der Waals surface area (Å²) in [5.41, 5.74) is 5.89. The lowest BCUT2D eigenvalue weighted by atomic mass is 10.1. The lowest BCUT2D eigenvalue weighted by Gasteiger charge is -2.16. The van der Waals surface area contributed by atoms with Crippen molar-refractivity contribution in [1.82, 2.24) is 20.1 Å². The summed E-state index contributed by atoms with van der Waals surface area (Å²) in [7, 11) is 0. The van der Waals surface area contributed by atoms with Gasteiger partial charge in [0, 0.05) is 6.04 Å². The van der Waals surface area contributed by atoms with Crippen LogP contribution in [0.2, 0.25) is 0 Å². The van der Waals surface area contributed by atoms with Gasteiger partial charge in [0.05, 0.1) is 13.1 Å². The first-order valence-corrected chi connectivity index (χ1v) is 6.73. The molecule has 1 heterocycles. The Kier molecular flexibility index (Phi) is 4.99. The minimum absolute atomic E-state index is 0.502. The van der Waals surface area contributed by atoms with E-state index in [9.17, 15) is 0 Å². The molecule has 6 heteroatoms. The minimum Gasteiger partial charge on any atom is -0.370 e.